The quantitative estimate of drug-likeness (QED) is 0.734. The number of phenolic OH excluding ortho intramolecular Hbond substituents is 1. The molecule has 2 aromatic rings. The summed E-state index contributed by atoms with van der Waals surface area (Å²) in [6.07, 6.45) is 0. The van der Waals surface area contributed by atoms with Crippen LogP contribution in [0, 0.1) is 5.92 Å². The number of phenols is 1. The van der Waals surface area contributed by atoms with Gasteiger partial charge in [0, 0.05) is 28.3 Å². The summed E-state index contributed by atoms with van der Waals surface area (Å²) >= 11 is 3.32. The Morgan fingerprint density at radius 2 is 1.89 bits per heavy atom. The maximum Gasteiger partial charge on any atom is 0.315 e. The van der Waals surface area contributed by atoms with E-state index in [1.165, 1.54) is 7.11 Å². The molecule has 136 valence electrons. The summed E-state index contributed by atoms with van der Waals surface area (Å²) in [5, 5.41) is 9.86. The number of carbonyl (C=O) groups excluding carboxylic acids is 2. The first kappa shape index (κ1) is 17.7. The summed E-state index contributed by atoms with van der Waals surface area (Å²) in [5.41, 5.74) is 3.81. The van der Waals surface area contributed by atoms with Crippen molar-refractivity contribution in [2.45, 2.75) is 12.8 Å². The zero-order chi connectivity index (χ0) is 19.3. The van der Waals surface area contributed by atoms with Crippen molar-refractivity contribution < 1.29 is 19.4 Å². The lowest BCUT2D eigenvalue weighted by Gasteiger charge is -2.30. The molecule has 2 unspecified atom stereocenters. The Labute approximate surface area is 164 Å². The lowest BCUT2D eigenvalue weighted by molar-refractivity contribution is -0.143. The summed E-state index contributed by atoms with van der Waals surface area (Å²) in [7, 11) is 1.33. The van der Waals surface area contributed by atoms with Gasteiger partial charge in [0.1, 0.15) is 11.7 Å². The third kappa shape index (κ3) is 2.63. The zero-order valence-electron chi connectivity index (χ0n) is 14.7. The van der Waals surface area contributed by atoms with E-state index < -0.39 is 17.8 Å². The second kappa shape index (κ2) is 6.46. The number of hydrogen-bond donors (Lipinski definition) is 1. The van der Waals surface area contributed by atoms with Crippen LogP contribution in [0.3, 0.4) is 0 Å². The first-order valence-corrected chi connectivity index (χ1v) is 9.23. The van der Waals surface area contributed by atoms with Gasteiger partial charge in [0.15, 0.2) is 5.78 Å². The number of aromatic hydroxyl groups is 1. The number of hydrogen-bond acceptors (Lipinski definition) is 5. The molecule has 0 fully saturated rings. The van der Waals surface area contributed by atoms with E-state index in [4.69, 9.17) is 4.74 Å². The number of benzene rings is 2. The number of methoxy groups -OCH3 is 1. The monoisotopic (exact) mass is 425 g/mol. The molecule has 2 aliphatic rings. The van der Waals surface area contributed by atoms with Crippen molar-refractivity contribution in [3.05, 3.63) is 69.2 Å². The smallest absolute Gasteiger partial charge is 0.315 e. The first-order chi connectivity index (χ1) is 12.9. The number of halogens is 1. The molecule has 5 nitrogen and oxygen atoms in total. The van der Waals surface area contributed by atoms with Crippen LogP contribution in [0.5, 0.6) is 5.75 Å². The summed E-state index contributed by atoms with van der Waals surface area (Å²) in [6, 6.07) is 12.3. The minimum absolute atomic E-state index is 0.0878. The summed E-state index contributed by atoms with van der Waals surface area (Å²) in [5.74, 6) is -1.73. The molecule has 6 heteroatoms. The van der Waals surface area contributed by atoms with Crippen LogP contribution < -0.4 is 0 Å². The van der Waals surface area contributed by atoms with E-state index in [0.717, 1.165) is 11.1 Å². The summed E-state index contributed by atoms with van der Waals surface area (Å²) < 4.78 is 5.51. The van der Waals surface area contributed by atoms with Gasteiger partial charge >= 0.3 is 5.97 Å². The van der Waals surface area contributed by atoms with Crippen LogP contribution in [-0.2, 0) is 9.53 Å². The lowest BCUT2D eigenvalue weighted by atomic mass is 9.75. The van der Waals surface area contributed by atoms with Gasteiger partial charge in [0.25, 0.3) is 0 Å². The minimum Gasteiger partial charge on any atom is -0.507 e. The molecule has 0 saturated heterocycles. The minimum atomic E-state index is -0.705. The number of ketones is 1. The van der Waals surface area contributed by atoms with Crippen molar-refractivity contribution in [1.82, 2.24) is 0 Å². The SMILES string of the molecule is COC(=O)C1C(C)=NC2=C(C(=O)c3ccccc32)C1c1ccc(O)c(Br)c1. The average molecular weight is 426 g/mol. The fourth-order valence-electron chi connectivity index (χ4n) is 3.86. The topological polar surface area (TPSA) is 76.0 Å². The Balaban J connectivity index is 1.97. The number of carbonyl (C=O) groups is 2. The summed E-state index contributed by atoms with van der Waals surface area (Å²) in [4.78, 5) is 30.4. The Morgan fingerprint density at radius 3 is 2.56 bits per heavy atom. The molecule has 1 aliphatic heterocycles. The van der Waals surface area contributed by atoms with Crippen LogP contribution in [0.25, 0.3) is 5.70 Å². The fraction of sp³-hybridized carbons (Fsp3) is 0.190. The predicted octanol–water partition coefficient (Wildman–Crippen LogP) is 4.11. The highest BCUT2D eigenvalue weighted by molar-refractivity contribution is 9.10. The third-order valence-electron chi connectivity index (χ3n) is 5.10. The zero-order valence-corrected chi connectivity index (χ0v) is 16.3. The molecule has 0 saturated carbocycles. The van der Waals surface area contributed by atoms with Crippen LogP contribution in [0.2, 0.25) is 0 Å². The highest BCUT2D eigenvalue weighted by Crippen LogP contribution is 2.48. The van der Waals surface area contributed by atoms with Gasteiger partial charge in [-0.1, -0.05) is 30.3 Å². The van der Waals surface area contributed by atoms with Gasteiger partial charge in [0.2, 0.25) is 0 Å². The molecule has 2 atom stereocenters. The van der Waals surface area contributed by atoms with E-state index >= 15 is 0 Å². The summed E-state index contributed by atoms with van der Waals surface area (Å²) in [6.45, 7) is 1.78. The average Bonchev–Trinajstić information content (AvgIpc) is 2.95. The predicted molar refractivity (Wildman–Crippen MR) is 105 cm³/mol. The number of aliphatic imine (C=N–C) groups is 1. The maximum absolute atomic E-state index is 13.2. The molecule has 2 aromatic carbocycles. The molecule has 4 rings (SSSR count). The molecule has 1 heterocycles. The number of esters is 1. The van der Waals surface area contributed by atoms with Gasteiger partial charge in [-0.05, 0) is 40.5 Å². The van der Waals surface area contributed by atoms with Gasteiger partial charge in [-0.25, -0.2) is 0 Å². The number of Topliss-reactive ketones (excluding diaryl/α,β-unsaturated/α-hetero) is 1. The molecule has 0 amide bonds. The van der Waals surface area contributed by atoms with E-state index in [0.29, 0.717) is 27.0 Å². The van der Waals surface area contributed by atoms with Crippen LogP contribution in [0.4, 0.5) is 0 Å². The molecular formula is C21H16BrNO4. The van der Waals surface area contributed by atoms with E-state index in [-0.39, 0.29) is 11.5 Å². The van der Waals surface area contributed by atoms with Gasteiger partial charge in [0.05, 0.1) is 17.3 Å². The second-order valence-corrected chi connectivity index (χ2v) is 7.43. The van der Waals surface area contributed by atoms with Crippen molar-refractivity contribution in [3.63, 3.8) is 0 Å². The number of rotatable bonds is 2. The Hall–Kier alpha value is -2.73. The number of fused-ring (bicyclic) bond motifs is 2. The normalized spacial score (nSPS) is 20.9. The molecular weight excluding hydrogens is 410 g/mol. The third-order valence-corrected chi connectivity index (χ3v) is 5.73. The lowest BCUT2D eigenvalue weighted by Crippen LogP contribution is -2.34. The molecule has 1 N–H and O–H groups in total. The van der Waals surface area contributed by atoms with E-state index in [9.17, 15) is 14.7 Å². The van der Waals surface area contributed by atoms with E-state index in [1.807, 2.05) is 18.2 Å². The Morgan fingerprint density at radius 1 is 1.19 bits per heavy atom. The van der Waals surface area contributed by atoms with Crippen molar-refractivity contribution in [2.24, 2.45) is 10.9 Å². The van der Waals surface area contributed by atoms with Crippen molar-refractivity contribution >= 4 is 39.1 Å². The second-order valence-electron chi connectivity index (χ2n) is 6.58. The van der Waals surface area contributed by atoms with Crippen molar-refractivity contribution in [1.29, 1.82) is 0 Å². The van der Waals surface area contributed by atoms with Crippen LogP contribution in [0.1, 0.15) is 34.3 Å². The van der Waals surface area contributed by atoms with Crippen LogP contribution >= 0.6 is 15.9 Å². The molecule has 27 heavy (non-hydrogen) atoms. The standard InChI is InChI=1S/C21H16BrNO4/c1-10-16(21(26)27-2)17(11-7-8-15(24)14(22)9-11)18-19(23-10)12-5-3-4-6-13(12)20(18)25/h3-9,16-17,24H,1-2H3. The number of ether oxygens (including phenoxy) is 1. The highest BCUT2D eigenvalue weighted by Gasteiger charge is 2.45. The van der Waals surface area contributed by atoms with Gasteiger partial charge in [-0.3, -0.25) is 14.6 Å². The van der Waals surface area contributed by atoms with Gasteiger partial charge in [-0.15, -0.1) is 0 Å². The largest absolute Gasteiger partial charge is 0.507 e. The Kier molecular flexibility index (Phi) is 4.23. The Bertz CT molecular complexity index is 1050. The molecule has 0 spiro atoms. The maximum atomic E-state index is 13.2. The number of nitrogens with zero attached hydrogens (tertiary/aromatic N) is 1. The molecule has 0 aromatic heterocycles. The molecule has 0 bridgehead atoms. The van der Waals surface area contributed by atoms with Gasteiger partial charge in [-0.2, -0.15) is 0 Å². The highest BCUT2D eigenvalue weighted by atomic mass is 79.9. The van der Waals surface area contributed by atoms with Gasteiger partial charge < -0.3 is 9.84 Å². The molecule has 1 aliphatic carbocycles. The fourth-order valence-corrected chi connectivity index (χ4v) is 4.25. The number of allylic oxidation sites excluding steroid dienone is 1. The van der Waals surface area contributed by atoms with Crippen LogP contribution in [0.15, 0.2) is 57.5 Å². The molecule has 0 radical (unpaired) electrons. The van der Waals surface area contributed by atoms with Crippen LogP contribution in [-0.4, -0.2) is 29.7 Å². The van der Waals surface area contributed by atoms with E-state index in [1.54, 1.807) is 31.2 Å². The first-order valence-electron chi connectivity index (χ1n) is 8.43. The van der Waals surface area contributed by atoms with Crippen molar-refractivity contribution in [3.8, 4) is 5.75 Å². The van der Waals surface area contributed by atoms with E-state index in [2.05, 4.69) is 20.9 Å². The van der Waals surface area contributed by atoms with Crippen molar-refractivity contribution in [2.75, 3.05) is 7.11 Å².